The number of H-pyrrole nitrogens is 1. The average Bonchev–Trinajstić information content (AvgIpc) is 2.93. The van der Waals surface area contributed by atoms with E-state index in [2.05, 4.69) is 59.6 Å². The lowest BCUT2D eigenvalue weighted by Gasteiger charge is -2.29. The Morgan fingerprint density at radius 1 is 1.00 bits per heavy atom. The number of hydrogen-bond acceptors (Lipinski definition) is 1. The molecule has 0 saturated carbocycles. The lowest BCUT2D eigenvalue weighted by molar-refractivity contribution is 0.0793. The van der Waals surface area contributed by atoms with Gasteiger partial charge in [0.05, 0.1) is 6.10 Å². The molecule has 3 aromatic rings. The number of rotatable bonds is 2. The summed E-state index contributed by atoms with van der Waals surface area (Å²) in [5, 5.41) is 1.34. The Bertz CT molecular complexity index is 760. The predicted molar refractivity (Wildman–Crippen MR) is 85.6 cm³/mol. The van der Waals surface area contributed by atoms with Crippen molar-refractivity contribution in [3.8, 4) is 0 Å². The summed E-state index contributed by atoms with van der Waals surface area (Å²) in [5.41, 5.74) is 5.33. The van der Waals surface area contributed by atoms with E-state index >= 15 is 0 Å². The Hall–Kier alpha value is -2.06. The van der Waals surface area contributed by atoms with E-state index in [-0.39, 0.29) is 6.10 Å². The van der Waals surface area contributed by atoms with E-state index in [4.69, 9.17) is 4.74 Å². The summed E-state index contributed by atoms with van der Waals surface area (Å²) in [5.74, 6) is 0.530. The fourth-order valence-corrected chi connectivity index (χ4v) is 3.61. The number of aromatic nitrogens is 1. The van der Waals surface area contributed by atoms with Crippen molar-refractivity contribution >= 4 is 10.9 Å². The maximum Gasteiger partial charge on any atom is 0.0977 e. The van der Waals surface area contributed by atoms with Crippen molar-refractivity contribution < 1.29 is 4.74 Å². The van der Waals surface area contributed by atoms with Gasteiger partial charge in [0.1, 0.15) is 0 Å². The van der Waals surface area contributed by atoms with Gasteiger partial charge in [-0.25, -0.2) is 0 Å². The average molecular weight is 277 g/mol. The lowest BCUT2D eigenvalue weighted by Crippen LogP contribution is -2.18. The van der Waals surface area contributed by atoms with Gasteiger partial charge in [-0.15, -0.1) is 0 Å². The largest absolute Gasteiger partial charge is 0.375 e. The van der Waals surface area contributed by atoms with Gasteiger partial charge in [-0.05, 0) is 36.0 Å². The van der Waals surface area contributed by atoms with Crippen LogP contribution in [0.15, 0.2) is 54.6 Å². The van der Waals surface area contributed by atoms with Crippen molar-refractivity contribution in [1.82, 2.24) is 4.98 Å². The number of benzene rings is 2. The van der Waals surface area contributed by atoms with Crippen molar-refractivity contribution in [2.24, 2.45) is 0 Å². The Morgan fingerprint density at radius 3 is 2.57 bits per heavy atom. The molecule has 0 radical (unpaired) electrons. The SMILES string of the molecule is COC1CC(c2ccccc2)Cc2c1[nH]c1ccccc21. The molecule has 1 aromatic heterocycles. The minimum Gasteiger partial charge on any atom is -0.375 e. The fraction of sp³-hybridized carbons (Fsp3) is 0.263. The normalized spacial score (nSPS) is 21.4. The molecular formula is C19H19NO. The summed E-state index contributed by atoms with van der Waals surface area (Å²) in [6.07, 6.45) is 2.29. The Labute approximate surface area is 124 Å². The maximum absolute atomic E-state index is 5.77. The standard InChI is InChI=1S/C19H19NO/c1-21-18-12-14(13-7-3-2-4-8-13)11-16-15-9-5-6-10-17(15)20-19(16)18/h2-10,14,18,20H,11-12H2,1H3. The summed E-state index contributed by atoms with van der Waals surface area (Å²) in [6, 6.07) is 19.4. The van der Waals surface area contributed by atoms with Crippen molar-refractivity contribution in [1.29, 1.82) is 0 Å². The van der Waals surface area contributed by atoms with Gasteiger partial charge in [-0.2, -0.15) is 0 Å². The molecule has 2 heteroatoms. The van der Waals surface area contributed by atoms with E-state index in [1.165, 1.54) is 27.7 Å². The highest BCUT2D eigenvalue weighted by Gasteiger charge is 2.30. The van der Waals surface area contributed by atoms with Crippen LogP contribution in [-0.4, -0.2) is 12.1 Å². The van der Waals surface area contributed by atoms with E-state index < -0.39 is 0 Å². The zero-order valence-corrected chi connectivity index (χ0v) is 12.2. The van der Waals surface area contributed by atoms with Crippen LogP contribution in [0.4, 0.5) is 0 Å². The molecule has 0 bridgehead atoms. The molecule has 1 aliphatic rings. The number of nitrogens with one attached hydrogen (secondary N) is 1. The number of methoxy groups -OCH3 is 1. The molecule has 2 atom stereocenters. The first kappa shape index (κ1) is 12.7. The highest BCUT2D eigenvalue weighted by molar-refractivity contribution is 5.85. The number of hydrogen-bond donors (Lipinski definition) is 1. The Balaban J connectivity index is 1.82. The third-order valence-electron chi connectivity index (χ3n) is 4.67. The zero-order valence-electron chi connectivity index (χ0n) is 12.2. The summed E-state index contributed by atoms with van der Waals surface area (Å²) in [7, 11) is 1.81. The summed E-state index contributed by atoms with van der Waals surface area (Å²) < 4.78 is 5.77. The fourth-order valence-electron chi connectivity index (χ4n) is 3.61. The van der Waals surface area contributed by atoms with Crippen molar-refractivity contribution in [2.45, 2.75) is 24.9 Å². The highest BCUT2D eigenvalue weighted by Crippen LogP contribution is 2.42. The molecule has 0 aliphatic heterocycles. The lowest BCUT2D eigenvalue weighted by atomic mass is 9.80. The van der Waals surface area contributed by atoms with Crippen molar-refractivity contribution in [3.63, 3.8) is 0 Å². The first-order valence-electron chi connectivity index (χ1n) is 7.54. The molecule has 21 heavy (non-hydrogen) atoms. The first-order chi connectivity index (χ1) is 10.4. The van der Waals surface area contributed by atoms with Crippen LogP contribution in [0.1, 0.15) is 35.3 Å². The van der Waals surface area contributed by atoms with Crippen LogP contribution in [0.25, 0.3) is 10.9 Å². The van der Waals surface area contributed by atoms with Gasteiger partial charge in [0.15, 0.2) is 0 Å². The third kappa shape index (κ3) is 2.07. The van der Waals surface area contributed by atoms with Crippen LogP contribution in [0, 0.1) is 0 Å². The second-order valence-corrected chi connectivity index (χ2v) is 5.83. The quantitative estimate of drug-likeness (QED) is 0.728. The van der Waals surface area contributed by atoms with E-state index in [1.807, 2.05) is 7.11 Å². The summed E-state index contributed by atoms with van der Waals surface area (Å²) in [4.78, 5) is 3.56. The van der Waals surface area contributed by atoms with Gasteiger partial charge in [0, 0.05) is 23.7 Å². The van der Waals surface area contributed by atoms with Crippen LogP contribution in [0.5, 0.6) is 0 Å². The Kier molecular flexibility index (Phi) is 3.04. The number of aromatic amines is 1. The molecule has 2 unspecified atom stereocenters. The zero-order chi connectivity index (χ0) is 14.2. The third-order valence-corrected chi connectivity index (χ3v) is 4.67. The van der Waals surface area contributed by atoms with Crippen LogP contribution >= 0.6 is 0 Å². The number of fused-ring (bicyclic) bond motifs is 3. The van der Waals surface area contributed by atoms with Crippen molar-refractivity contribution in [2.75, 3.05) is 7.11 Å². The second kappa shape index (κ2) is 5.05. The smallest absolute Gasteiger partial charge is 0.0977 e. The van der Waals surface area contributed by atoms with Gasteiger partial charge in [-0.3, -0.25) is 0 Å². The molecule has 1 aliphatic carbocycles. The minimum absolute atomic E-state index is 0.159. The first-order valence-corrected chi connectivity index (χ1v) is 7.54. The Morgan fingerprint density at radius 2 is 1.76 bits per heavy atom. The van der Waals surface area contributed by atoms with Crippen molar-refractivity contribution in [3.05, 3.63) is 71.4 Å². The summed E-state index contributed by atoms with van der Waals surface area (Å²) in [6.45, 7) is 0. The van der Waals surface area contributed by atoms with E-state index in [0.29, 0.717) is 5.92 Å². The number of ether oxygens (including phenoxy) is 1. The topological polar surface area (TPSA) is 25.0 Å². The highest BCUT2D eigenvalue weighted by atomic mass is 16.5. The molecule has 2 nitrogen and oxygen atoms in total. The van der Waals surface area contributed by atoms with Gasteiger partial charge >= 0.3 is 0 Å². The molecule has 1 heterocycles. The van der Waals surface area contributed by atoms with E-state index in [0.717, 1.165) is 12.8 Å². The van der Waals surface area contributed by atoms with Crippen LogP contribution in [0.2, 0.25) is 0 Å². The van der Waals surface area contributed by atoms with Crippen LogP contribution in [0.3, 0.4) is 0 Å². The number of para-hydroxylation sites is 1. The van der Waals surface area contributed by atoms with E-state index in [9.17, 15) is 0 Å². The van der Waals surface area contributed by atoms with Gasteiger partial charge in [0.2, 0.25) is 0 Å². The van der Waals surface area contributed by atoms with Gasteiger partial charge < -0.3 is 9.72 Å². The minimum atomic E-state index is 0.159. The predicted octanol–water partition coefficient (Wildman–Crippen LogP) is 4.59. The van der Waals surface area contributed by atoms with Crippen LogP contribution < -0.4 is 0 Å². The van der Waals surface area contributed by atoms with Crippen LogP contribution in [-0.2, 0) is 11.2 Å². The molecule has 106 valence electrons. The summed E-state index contributed by atoms with van der Waals surface area (Å²) >= 11 is 0. The van der Waals surface area contributed by atoms with E-state index in [1.54, 1.807) is 0 Å². The maximum atomic E-state index is 5.77. The molecule has 0 fully saturated rings. The molecule has 0 saturated heterocycles. The molecule has 1 N–H and O–H groups in total. The monoisotopic (exact) mass is 277 g/mol. The molecule has 0 spiro atoms. The molecule has 4 rings (SSSR count). The molecular weight excluding hydrogens is 258 g/mol. The molecule has 2 aromatic carbocycles. The molecule has 0 amide bonds. The van der Waals surface area contributed by atoms with Gasteiger partial charge in [-0.1, -0.05) is 48.5 Å². The second-order valence-electron chi connectivity index (χ2n) is 5.83. The van der Waals surface area contributed by atoms with Gasteiger partial charge in [0.25, 0.3) is 0 Å².